The standard InChI is InChI=1S/C21H32N6O5S/c1-6-7-8-26-18(22)17(20(30)24-21(26)31)27(10-12(2)3)16(28)11-33-14(5)19(29)23-15-9-13(4)32-25-15/h9,12,14H,6-8,10-11,22H2,1-5H3,(H,23,25,29)(H,24,30,31)/t14-/m1/s1. The van der Waals surface area contributed by atoms with Crippen LogP contribution < -0.4 is 27.2 Å². The molecule has 11 nitrogen and oxygen atoms in total. The van der Waals surface area contributed by atoms with Crippen molar-refractivity contribution in [3.05, 3.63) is 32.7 Å². The van der Waals surface area contributed by atoms with E-state index in [1.165, 1.54) is 9.47 Å². The summed E-state index contributed by atoms with van der Waals surface area (Å²) in [6, 6.07) is 1.59. The number of nitrogen functional groups attached to an aromatic ring is 1. The van der Waals surface area contributed by atoms with E-state index in [4.69, 9.17) is 10.3 Å². The molecule has 0 fully saturated rings. The number of thioether (sulfide) groups is 1. The summed E-state index contributed by atoms with van der Waals surface area (Å²) >= 11 is 1.12. The Balaban J connectivity index is 2.21. The highest BCUT2D eigenvalue weighted by molar-refractivity contribution is 8.01. The normalized spacial score (nSPS) is 12.1. The van der Waals surface area contributed by atoms with E-state index in [0.29, 0.717) is 24.5 Å². The zero-order chi connectivity index (χ0) is 24.7. The summed E-state index contributed by atoms with van der Waals surface area (Å²) in [4.78, 5) is 54.0. The number of aromatic nitrogens is 3. The monoisotopic (exact) mass is 480 g/mol. The molecule has 2 heterocycles. The van der Waals surface area contributed by atoms with Crippen LogP contribution in [0, 0.1) is 12.8 Å². The molecule has 0 spiro atoms. The van der Waals surface area contributed by atoms with Gasteiger partial charge in [0.25, 0.3) is 5.56 Å². The second-order valence-electron chi connectivity index (χ2n) is 8.16. The third kappa shape index (κ3) is 6.98. The predicted octanol–water partition coefficient (Wildman–Crippen LogP) is 1.96. The number of aromatic amines is 1. The average molecular weight is 481 g/mol. The second-order valence-corrected chi connectivity index (χ2v) is 9.49. The molecule has 0 aliphatic carbocycles. The Morgan fingerprint density at radius 1 is 1.33 bits per heavy atom. The third-order valence-corrected chi connectivity index (χ3v) is 5.90. The number of hydrogen-bond donors (Lipinski definition) is 3. The van der Waals surface area contributed by atoms with Gasteiger partial charge in [-0.15, -0.1) is 11.8 Å². The van der Waals surface area contributed by atoms with E-state index in [0.717, 1.165) is 18.2 Å². The van der Waals surface area contributed by atoms with Crippen LogP contribution in [0.25, 0.3) is 0 Å². The molecule has 0 radical (unpaired) electrons. The number of aryl methyl sites for hydroxylation is 1. The van der Waals surface area contributed by atoms with E-state index in [-0.39, 0.29) is 41.5 Å². The quantitative estimate of drug-likeness (QED) is 0.441. The first-order chi connectivity index (χ1) is 15.5. The Kier molecular flexibility index (Phi) is 9.32. The maximum atomic E-state index is 13.1. The summed E-state index contributed by atoms with van der Waals surface area (Å²) in [7, 11) is 0. The van der Waals surface area contributed by atoms with Crippen molar-refractivity contribution in [2.75, 3.05) is 28.2 Å². The lowest BCUT2D eigenvalue weighted by molar-refractivity contribution is -0.116. The van der Waals surface area contributed by atoms with Crippen molar-refractivity contribution < 1.29 is 14.1 Å². The van der Waals surface area contributed by atoms with Gasteiger partial charge in [0.2, 0.25) is 11.8 Å². The lowest BCUT2D eigenvalue weighted by atomic mass is 10.2. The Labute approximate surface area is 196 Å². The second kappa shape index (κ2) is 11.7. The van der Waals surface area contributed by atoms with Crippen molar-refractivity contribution in [2.24, 2.45) is 5.92 Å². The van der Waals surface area contributed by atoms with Gasteiger partial charge in [-0.1, -0.05) is 32.3 Å². The van der Waals surface area contributed by atoms with E-state index < -0.39 is 16.5 Å². The molecule has 2 amide bonds. The highest BCUT2D eigenvalue weighted by atomic mass is 32.2. The fraction of sp³-hybridized carbons (Fsp3) is 0.571. The summed E-state index contributed by atoms with van der Waals surface area (Å²) in [6.45, 7) is 9.72. The molecule has 4 N–H and O–H groups in total. The molecule has 0 bridgehead atoms. The molecule has 0 unspecified atom stereocenters. The van der Waals surface area contributed by atoms with Crippen molar-refractivity contribution in [2.45, 2.75) is 59.3 Å². The van der Waals surface area contributed by atoms with Crippen LogP contribution in [0.3, 0.4) is 0 Å². The SMILES string of the molecule is CCCCn1c(N)c(N(CC(C)C)C(=O)CS[C@H](C)C(=O)Nc2cc(C)on2)c(=O)[nH]c1=O. The van der Waals surface area contributed by atoms with Crippen LogP contribution in [-0.4, -0.2) is 44.1 Å². The van der Waals surface area contributed by atoms with Gasteiger partial charge in [-0.3, -0.25) is 23.9 Å². The molecule has 1 atom stereocenters. The fourth-order valence-corrected chi connectivity index (χ4v) is 3.82. The van der Waals surface area contributed by atoms with E-state index in [1.54, 1.807) is 19.9 Å². The van der Waals surface area contributed by atoms with Gasteiger partial charge in [0.1, 0.15) is 11.6 Å². The molecule has 182 valence electrons. The van der Waals surface area contributed by atoms with Crippen LogP contribution in [-0.2, 0) is 16.1 Å². The summed E-state index contributed by atoms with van der Waals surface area (Å²) < 4.78 is 6.21. The number of hydrogen-bond acceptors (Lipinski definition) is 8. The van der Waals surface area contributed by atoms with Gasteiger partial charge >= 0.3 is 5.69 Å². The molecule has 0 saturated heterocycles. The van der Waals surface area contributed by atoms with Crippen LogP contribution in [0.4, 0.5) is 17.3 Å². The Morgan fingerprint density at radius 2 is 2.03 bits per heavy atom. The molecular weight excluding hydrogens is 448 g/mol. The maximum Gasteiger partial charge on any atom is 0.330 e. The lowest BCUT2D eigenvalue weighted by Crippen LogP contribution is -2.43. The number of nitrogens with zero attached hydrogens (tertiary/aromatic N) is 3. The van der Waals surface area contributed by atoms with Crippen LogP contribution >= 0.6 is 11.8 Å². The zero-order valence-corrected chi connectivity index (χ0v) is 20.5. The number of carbonyl (C=O) groups is 2. The smallest absolute Gasteiger partial charge is 0.330 e. The maximum absolute atomic E-state index is 13.1. The number of unbranched alkanes of at least 4 members (excludes halogenated alkanes) is 1. The van der Waals surface area contributed by atoms with E-state index in [1.807, 2.05) is 20.8 Å². The van der Waals surface area contributed by atoms with E-state index in [9.17, 15) is 19.2 Å². The van der Waals surface area contributed by atoms with Gasteiger partial charge in [0, 0.05) is 19.2 Å². The molecule has 2 rings (SSSR count). The number of nitrogens with two attached hydrogens (primary N) is 1. The minimum atomic E-state index is -0.712. The fourth-order valence-electron chi connectivity index (χ4n) is 3.06. The van der Waals surface area contributed by atoms with E-state index in [2.05, 4.69) is 15.5 Å². The third-order valence-electron chi connectivity index (χ3n) is 4.77. The zero-order valence-electron chi connectivity index (χ0n) is 19.6. The number of nitrogens with one attached hydrogen (secondary N) is 2. The van der Waals surface area contributed by atoms with Gasteiger partial charge in [0.05, 0.1) is 11.0 Å². The lowest BCUT2D eigenvalue weighted by Gasteiger charge is -2.26. The Morgan fingerprint density at radius 3 is 2.61 bits per heavy atom. The number of amides is 2. The first kappa shape index (κ1) is 26.2. The molecule has 0 saturated carbocycles. The summed E-state index contributed by atoms with van der Waals surface area (Å²) in [5.41, 5.74) is 4.84. The van der Waals surface area contributed by atoms with Crippen molar-refractivity contribution >= 4 is 40.9 Å². The van der Waals surface area contributed by atoms with Gasteiger partial charge in [-0.25, -0.2) is 4.79 Å². The number of anilines is 3. The molecule has 0 aliphatic heterocycles. The molecule has 0 aromatic carbocycles. The topological polar surface area (TPSA) is 156 Å². The molecule has 12 heteroatoms. The molecule has 2 aromatic rings. The molecule has 0 aliphatic rings. The van der Waals surface area contributed by atoms with Crippen LogP contribution in [0.2, 0.25) is 0 Å². The van der Waals surface area contributed by atoms with Gasteiger partial charge < -0.3 is 20.5 Å². The van der Waals surface area contributed by atoms with Crippen LogP contribution in [0.15, 0.2) is 20.2 Å². The molecule has 33 heavy (non-hydrogen) atoms. The minimum Gasteiger partial charge on any atom is -0.383 e. The van der Waals surface area contributed by atoms with Gasteiger partial charge in [-0.2, -0.15) is 0 Å². The first-order valence-corrected chi connectivity index (χ1v) is 11.9. The van der Waals surface area contributed by atoms with Crippen molar-refractivity contribution in [1.29, 1.82) is 0 Å². The Hall–Kier alpha value is -3.02. The largest absolute Gasteiger partial charge is 0.383 e. The first-order valence-electron chi connectivity index (χ1n) is 10.8. The van der Waals surface area contributed by atoms with Gasteiger partial charge in [-0.05, 0) is 26.2 Å². The van der Waals surface area contributed by atoms with Crippen molar-refractivity contribution in [3.63, 3.8) is 0 Å². The van der Waals surface area contributed by atoms with Gasteiger partial charge in [0.15, 0.2) is 11.5 Å². The molecule has 2 aromatic heterocycles. The van der Waals surface area contributed by atoms with E-state index >= 15 is 0 Å². The highest BCUT2D eigenvalue weighted by Gasteiger charge is 2.26. The van der Waals surface area contributed by atoms with Crippen LogP contribution in [0.1, 0.15) is 46.3 Å². The summed E-state index contributed by atoms with van der Waals surface area (Å²) in [5.74, 6) is 0.0740. The van der Waals surface area contributed by atoms with Crippen molar-refractivity contribution in [3.8, 4) is 0 Å². The number of carbonyl (C=O) groups excluding carboxylic acids is 2. The predicted molar refractivity (Wildman–Crippen MR) is 130 cm³/mol. The number of rotatable bonds is 11. The van der Waals surface area contributed by atoms with Crippen molar-refractivity contribution in [1.82, 2.24) is 14.7 Å². The Bertz CT molecular complexity index is 1090. The van der Waals surface area contributed by atoms with Crippen LogP contribution in [0.5, 0.6) is 0 Å². The highest BCUT2D eigenvalue weighted by Crippen LogP contribution is 2.22. The summed E-state index contributed by atoms with van der Waals surface area (Å²) in [5, 5.41) is 5.78. The minimum absolute atomic E-state index is 0.0323. The summed E-state index contributed by atoms with van der Waals surface area (Å²) in [6.07, 6.45) is 1.53. The average Bonchev–Trinajstić information content (AvgIpc) is 3.14. The number of H-pyrrole nitrogens is 1. The molecular formula is C21H32N6O5S.